The van der Waals surface area contributed by atoms with Crippen molar-refractivity contribution in [3.63, 3.8) is 0 Å². The van der Waals surface area contributed by atoms with Crippen LogP contribution in [0.3, 0.4) is 0 Å². The van der Waals surface area contributed by atoms with Gasteiger partial charge in [0.1, 0.15) is 0 Å². The van der Waals surface area contributed by atoms with Crippen LogP contribution in [0.15, 0.2) is 47.6 Å². The van der Waals surface area contributed by atoms with Gasteiger partial charge in [-0.3, -0.25) is 9.91 Å². The molecule has 0 atom stereocenters. The van der Waals surface area contributed by atoms with Crippen molar-refractivity contribution in [2.75, 3.05) is 26.2 Å². The van der Waals surface area contributed by atoms with E-state index in [9.17, 15) is 0 Å². The van der Waals surface area contributed by atoms with Gasteiger partial charge in [0.15, 0.2) is 0 Å². The predicted molar refractivity (Wildman–Crippen MR) is 102 cm³/mol. The molecule has 0 radical (unpaired) electrons. The fourth-order valence-corrected chi connectivity index (χ4v) is 3.15. The molecule has 0 aromatic heterocycles. The fraction of sp³-hybridized carbons (Fsp3) is 0.381. The molecular formula is C21H27N3. The van der Waals surface area contributed by atoms with Crippen molar-refractivity contribution in [3.05, 3.63) is 70.3 Å². The summed E-state index contributed by atoms with van der Waals surface area (Å²) >= 11 is 0. The molecule has 0 bridgehead atoms. The van der Waals surface area contributed by atoms with Gasteiger partial charge in [0.25, 0.3) is 0 Å². The van der Waals surface area contributed by atoms with Gasteiger partial charge in [-0.15, -0.1) is 0 Å². The summed E-state index contributed by atoms with van der Waals surface area (Å²) < 4.78 is 0. The first-order valence-electron chi connectivity index (χ1n) is 8.75. The van der Waals surface area contributed by atoms with Crippen LogP contribution in [0.5, 0.6) is 0 Å². The Balaban J connectivity index is 1.53. The molecule has 3 nitrogen and oxygen atoms in total. The SMILES string of the molecule is Cc1ccc(CN2CCN(/N=C/c3ccccc3C)CC2)c(C)c1. The van der Waals surface area contributed by atoms with Crippen molar-refractivity contribution in [1.82, 2.24) is 9.91 Å². The summed E-state index contributed by atoms with van der Waals surface area (Å²) in [6.07, 6.45) is 2.00. The Morgan fingerprint density at radius 3 is 2.38 bits per heavy atom. The van der Waals surface area contributed by atoms with Crippen LogP contribution in [-0.4, -0.2) is 42.3 Å². The predicted octanol–water partition coefficient (Wildman–Crippen LogP) is 3.76. The molecule has 0 spiro atoms. The third kappa shape index (κ3) is 4.24. The number of hydrogen-bond donors (Lipinski definition) is 0. The molecule has 1 aliphatic heterocycles. The maximum absolute atomic E-state index is 4.67. The average Bonchev–Trinajstić information content (AvgIpc) is 2.58. The summed E-state index contributed by atoms with van der Waals surface area (Å²) in [5, 5.41) is 6.85. The second kappa shape index (κ2) is 7.63. The minimum atomic E-state index is 0.993. The summed E-state index contributed by atoms with van der Waals surface area (Å²) in [5.41, 5.74) is 6.66. The lowest BCUT2D eigenvalue weighted by molar-refractivity contribution is 0.131. The maximum atomic E-state index is 4.67. The molecule has 0 N–H and O–H groups in total. The summed E-state index contributed by atoms with van der Waals surface area (Å²) in [6, 6.07) is 15.1. The Kier molecular flexibility index (Phi) is 5.31. The molecule has 3 heteroatoms. The Bertz CT molecular complexity index is 713. The van der Waals surface area contributed by atoms with Gasteiger partial charge >= 0.3 is 0 Å². The van der Waals surface area contributed by atoms with E-state index in [4.69, 9.17) is 0 Å². The van der Waals surface area contributed by atoms with Crippen LogP contribution in [0.1, 0.15) is 27.8 Å². The van der Waals surface area contributed by atoms with Crippen molar-refractivity contribution in [3.8, 4) is 0 Å². The third-order valence-corrected chi connectivity index (χ3v) is 4.79. The molecule has 0 amide bonds. The largest absolute Gasteiger partial charge is 0.295 e. The van der Waals surface area contributed by atoms with Gasteiger partial charge in [-0.25, -0.2) is 0 Å². The van der Waals surface area contributed by atoms with E-state index in [0.717, 1.165) is 32.7 Å². The lowest BCUT2D eigenvalue weighted by atomic mass is 10.1. The van der Waals surface area contributed by atoms with Crippen LogP contribution in [0, 0.1) is 20.8 Å². The van der Waals surface area contributed by atoms with Gasteiger partial charge in [0.05, 0.1) is 6.21 Å². The van der Waals surface area contributed by atoms with Gasteiger partial charge in [0, 0.05) is 32.7 Å². The molecule has 2 aromatic rings. The smallest absolute Gasteiger partial charge is 0.0545 e. The standard InChI is InChI=1S/C21H27N3/c1-17-8-9-21(19(3)14-17)16-23-10-12-24(13-11-23)22-15-20-7-5-4-6-18(20)2/h4-9,14-15H,10-13,16H2,1-3H3/b22-15+. The topological polar surface area (TPSA) is 18.8 Å². The number of rotatable bonds is 4. The Morgan fingerprint density at radius 1 is 0.917 bits per heavy atom. The van der Waals surface area contributed by atoms with E-state index in [1.165, 1.54) is 27.8 Å². The Morgan fingerprint density at radius 2 is 1.67 bits per heavy atom. The lowest BCUT2D eigenvalue weighted by Gasteiger charge is -2.33. The Hall–Kier alpha value is -2.13. The molecule has 2 aromatic carbocycles. The minimum absolute atomic E-state index is 0.993. The van der Waals surface area contributed by atoms with Crippen molar-refractivity contribution < 1.29 is 0 Å². The van der Waals surface area contributed by atoms with Gasteiger partial charge in [-0.05, 0) is 43.0 Å². The van der Waals surface area contributed by atoms with Crippen molar-refractivity contribution in [2.24, 2.45) is 5.10 Å². The molecule has 0 aliphatic carbocycles. The quantitative estimate of drug-likeness (QED) is 0.799. The highest BCUT2D eigenvalue weighted by Gasteiger charge is 2.16. The van der Waals surface area contributed by atoms with E-state index in [0.29, 0.717) is 0 Å². The van der Waals surface area contributed by atoms with Gasteiger partial charge in [0.2, 0.25) is 0 Å². The number of hydrazone groups is 1. The molecule has 1 fully saturated rings. The van der Waals surface area contributed by atoms with Crippen LogP contribution in [0.2, 0.25) is 0 Å². The average molecular weight is 321 g/mol. The summed E-state index contributed by atoms with van der Waals surface area (Å²) in [7, 11) is 0. The zero-order chi connectivity index (χ0) is 16.9. The minimum Gasteiger partial charge on any atom is -0.295 e. The van der Waals surface area contributed by atoms with E-state index in [2.05, 4.69) is 78.2 Å². The molecule has 3 rings (SSSR count). The summed E-state index contributed by atoms with van der Waals surface area (Å²) in [6.45, 7) is 11.7. The van der Waals surface area contributed by atoms with Crippen LogP contribution in [0.4, 0.5) is 0 Å². The van der Waals surface area contributed by atoms with Crippen molar-refractivity contribution >= 4 is 6.21 Å². The monoisotopic (exact) mass is 321 g/mol. The van der Waals surface area contributed by atoms with Crippen molar-refractivity contribution in [1.29, 1.82) is 0 Å². The maximum Gasteiger partial charge on any atom is 0.0545 e. The summed E-state index contributed by atoms with van der Waals surface area (Å²) in [4.78, 5) is 2.53. The highest BCUT2D eigenvalue weighted by molar-refractivity contribution is 5.81. The number of benzene rings is 2. The molecular weight excluding hydrogens is 294 g/mol. The van der Waals surface area contributed by atoms with Crippen LogP contribution in [-0.2, 0) is 6.54 Å². The van der Waals surface area contributed by atoms with Crippen LogP contribution in [0.25, 0.3) is 0 Å². The molecule has 0 unspecified atom stereocenters. The molecule has 1 heterocycles. The Labute approximate surface area is 145 Å². The normalized spacial score (nSPS) is 16.0. The van der Waals surface area contributed by atoms with E-state index < -0.39 is 0 Å². The molecule has 1 aliphatic rings. The highest BCUT2D eigenvalue weighted by Crippen LogP contribution is 2.14. The molecule has 1 saturated heterocycles. The molecule has 0 saturated carbocycles. The zero-order valence-corrected chi connectivity index (χ0v) is 15.0. The first kappa shape index (κ1) is 16.7. The van der Waals surface area contributed by atoms with E-state index in [1.54, 1.807) is 0 Å². The van der Waals surface area contributed by atoms with Crippen LogP contribution < -0.4 is 0 Å². The van der Waals surface area contributed by atoms with Gasteiger partial charge < -0.3 is 0 Å². The van der Waals surface area contributed by atoms with E-state index >= 15 is 0 Å². The van der Waals surface area contributed by atoms with Gasteiger partial charge in [-0.1, -0.05) is 48.0 Å². The third-order valence-electron chi connectivity index (χ3n) is 4.79. The van der Waals surface area contributed by atoms with Crippen molar-refractivity contribution in [2.45, 2.75) is 27.3 Å². The first-order valence-corrected chi connectivity index (χ1v) is 8.75. The second-order valence-electron chi connectivity index (χ2n) is 6.76. The molecule has 24 heavy (non-hydrogen) atoms. The fourth-order valence-electron chi connectivity index (χ4n) is 3.15. The van der Waals surface area contributed by atoms with Gasteiger partial charge in [-0.2, -0.15) is 5.10 Å². The number of aryl methyl sites for hydroxylation is 3. The number of nitrogens with zero attached hydrogens (tertiary/aromatic N) is 3. The van der Waals surface area contributed by atoms with E-state index in [-0.39, 0.29) is 0 Å². The molecule has 126 valence electrons. The lowest BCUT2D eigenvalue weighted by Crippen LogP contribution is -2.43. The zero-order valence-electron chi connectivity index (χ0n) is 15.0. The first-order chi connectivity index (χ1) is 11.6. The number of piperazine rings is 1. The summed E-state index contributed by atoms with van der Waals surface area (Å²) in [5.74, 6) is 0. The van der Waals surface area contributed by atoms with Crippen LogP contribution >= 0.6 is 0 Å². The van der Waals surface area contributed by atoms with E-state index in [1.807, 2.05) is 6.21 Å². The second-order valence-corrected chi connectivity index (χ2v) is 6.76. The number of hydrogen-bond acceptors (Lipinski definition) is 3. The highest BCUT2D eigenvalue weighted by atomic mass is 15.5.